The lowest BCUT2D eigenvalue weighted by molar-refractivity contribution is 0.506. The number of nitrogens with zero attached hydrogens (tertiary/aromatic N) is 1. The molecule has 0 radical (unpaired) electrons. The summed E-state index contributed by atoms with van der Waals surface area (Å²) >= 11 is 0. The summed E-state index contributed by atoms with van der Waals surface area (Å²) in [6.07, 6.45) is 0. The summed E-state index contributed by atoms with van der Waals surface area (Å²) in [6.45, 7) is 11.6. The van der Waals surface area contributed by atoms with E-state index in [4.69, 9.17) is 5.73 Å². The van der Waals surface area contributed by atoms with E-state index in [0.717, 1.165) is 5.57 Å². The number of rotatable bonds is 6. The van der Waals surface area contributed by atoms with Crippen LogP contribution in [0.4, 0.5) is 0 Å². The Morgan fingerprint density at radius 2 is 1.95 bits per heavy atom. The fourth-order valence-corrected chi connectivity index (χ4v) is 1.90. The minimum absolute atomic E-state index is 0.395. The first kappa shape index (κ1) is 15.3. The van der Waals surface area contributed by atoms with Crippen molar-refractivity contribution < 1.29 is 0 Å². The van der Waals surface area contributed by atoms with Gasteiger partial charge in [-0.1, -0.05) is 56.3 Å². The second-order valence-corrected chi connectivity index (χ2v) is 5.30. The predicted octanol–water partition coefficient (Wildman–Crippen LogP) is 2.91. The molecule has 0 heterocycles. The standard InChI is InChI=1S/C16H25N3/c1-12(2)10-18-16(17)19-11-15(13(3)4)14-8-6-5-7-9-14/h5-9,13,15H,1,10-11H2,2-4H3,(H3,17,18,19). The Morgan fingerprint density at radius 1 is 1.32 bits per heavy atom. The maximum Gasteiger partial charge on any atom is 0.188 e. The van der Waals surface area contributed by atoms with Gasteiger partial charge in [0, 0.05) is 19.0 Å². The van der Waals surface area contributed by atoms with Crippen LogP contribution in [0.2, 0.25) is 0 Å². The third-order valence-corrected chi connectivity index (χ3v) is 3.06. The largest absolute Gasteiger partial charge is 0.370 e. The van der Waals surface area contributed by atoms with Crippen molar-refractivity contribution in [1.82, 2.24) is 5.32 Å². The second-order valence-electron chi connectivity index (χ2n) is 5.30. The lowest BCUT2D eigenvalue weighted by Gasteiger charge is -2.19. The molecule has 3 nitrogen and oxygen atoms in total. The molecule has 19 heavy (non-hydrogen) atoms. The molecule has 1 atom stereocenters. The Hall–Kier alpha value is -1.77. The summed E-state index contributed by atoms with van der Waals surface area (Å²) in [4.78, 5) is 4.44. The van der Waals surface area contributed by atoms with Crippen LogP contribution in [0.25, 0.3) is 0 Å². The maximum atomic E-state index is 5.85. The Labute approximate surface area is 116 Å². The zero-order valence-electron chi connectivity index (χ0n) is 12.2. The van der Waals surface area contributed by atoms with Crippen LogP contribution in [0.3, 0.4) is 0 Å². The van der Waals surface area contributed by atoms with Gasteiger partial charge in [0.1, 0.15) is 0 Å². The first-order chi connectivity index (χ1) is 9.00. The minimum atomic E-state index is 0.395. The fourth-order valence-electron chi connectivity index (χ4n) is 1.90. The first-order valence-electron chi connectivity index (χ1n) is 6.73. The van der Waals surface area contributed by atoms with Crippen LogP contribution in [0.5, 0.6) is 0 Å². The molecule has 0 aliphatic heterocycles. The maximum absolute atomic E-state index is 5.85. The average Bonchev–Trinajstić information content (AvgIpc) is 2.37. The Balaban J connectivity index is 2.65. The second kappa shape index (κ2) is 7.62. The number of hydrogen-bond donors (Lipinski definition) is 2. The molecule has 0 saturated heterocycles. The zero-order valence-corrected chi connectivity index (χ0v) is 12.2. The highest BCUT2D eigenvalue weighted by molar-refractivity contribution is 5.78. The molecule has 104 valence electrons. The molecule has 0 aromatic heterocycles. The molecular weight excluding hydrogens is 234 g/mol. The van der Waals surface area contributed by atoms with E-state index in [9.17, 15) is 0 Å². The topological polar surface area (TPSA) is 50.4 Å². The highest BCUT2D eigenvalue weighted by atomic mass is 15.1. The molecule has 0 saturated carbocycles. The number of nitrogens with two attached hydrogens (primary N) is 1. The molecule has 1 rings (SSSR count). The van der Waals surface area contributed by atoms with Crippen molar-refractivity contribution in [2.75, 3.05) is 13.1 Å². The van der Waals surface area contributed by atoms with Crippen molar-refractivity contribution >= 4 is 5.96 Å². The van der Waals surface area contributed by atoms with Gasteiger partial charge >= 0.3 is 0 Å². The monoisotopic (exact) mass is 259 g/mol. The van der Waals surface area contributed by atoms with E-state index in [1.165, 1.54) is 5.56 Å². The minimum Gasteiger partial charge on any atom is -0.370 e. The van der Waals surface area contributed by atoms with Crippen molar-refractivity contribution in [1.29, 1.82) is 0 Å². The van der Waals surface area contributed by atoms with Gasteiger partial charge in [-0.3, -0.25) is 4.99 Å². The van der Waals surface area contributed by atoms with E-state index in [1.807, 2.05) is 13.0 Å². The number of nitrogens with one attached hydrogen (secondary N) is 1. The molecule has 0 aliphatic carbocycles. The molecule has 0 bridgehead atoms. The number of hydrogen-bond acceptors (Lipinski definition) is 1. The van der Waals surface area contributed by atoms with Gasteiger partial charge in [-0.05, 0) is 18.4 Å². The van der Waals surface area contributed by atoms with E-state index in [-0.39, 0.29) is 0 Å². The lowest BCUT2D eigenvalue weighted by Crippen LogP contribution is -2.33. The van der Waals surface area contributed by atoms with Crippen LogP contribution in [0, 0.1) is 5.92 Å². The number of guanidine groups is 1. The van der Waals surface area contributed by atoms with Gasteiger partial charge in [-0.25, -0.2) is 0 Å². The molecule has 0 amide bonds. The smallest absolute Gasteiger partial charge is 0.188 e. The normalized spacial score (nSPS) is 13.4. The zero-order chi connectivity index (χ0) is 14.3. The molecular formula is C16H25N3. The molecule has 0 fully saturated rings. The van der Waals surface area contributed by atoms with Crippen LogP contribution in [0.15, 0.2) is 47.5 Å². The predicted molar refractivity (Wildman–Crippen MR) is 83.3 cm³/mol. The molecule has 1 aromatic carbocycles. The van der Waals surface area contributed by atoms with Gasteiger partial charge in [0.15, 0.2) is 5.96 Å². The van der Waals surface area contributed by atoms with Crippen molar-refractivity contribution in [2.24, 2.45) is 16.6 Å². The van der Waals surface area contributed by atoms with E-state index in [0.29, 0.717) is 30.9 Å². The van der Waals surface area contributed by atoms with Gasteiger partial charge in [0.05, 0.1) is 0 Å². The van der Waals surface area contributed by atoms with E-state index in [1.54, 1.807) is 0 Å². The van der Waals surface area contributed by atoms with E-state index in [2.05, 4.69) is 55.0 Å². The highest BCUT2D eigenvalue weighted by Gasteiger charge is 2.14. The van der Waals surface area contributed by atoms with Gasteiger partial charge in [-0.15, -0.1) is 0 Å². The number of benzene rings is 1. The van der Waals surface area contributed by atoms with Crippen LogP contribution < -0.4 is 11.1 Å². The third-order valence-electron chi connectivity index (χ3n) is 3.06. The quantitative estimate of drug-likeness (QED) is 0.469. The average molecular weight is 259 g/mol. The van der Waals surface area contributed by atoms with Crippen LogP contribution >= 0.6 is 0 Å². The van der Waals surface area contributed by atoms with Crippen molar-refractivity contribution in [3.05, 3.63) is 48.0 Å². The van der Waals surface area contributed by atoms with Gasteiger partial charge in [-0.2, -0.15) is 0 Å². The molecule has 0 aliphatic rings. The Bertz CT molecular complexity index is 421. The van der Waals surface area contributed by atoms with Gasteiger partial charge < -0.3 is 11.1 Å². The highest BCUT2D eigenvalue weighted by Crippen LogP contribution is 2.24. The van der Waals surface area contributed by atoms with Crippen molar-refractivity contribution in [3.8, 4) is 0 Å². The Morgan fingerprint density at radius 3 is 2.47 bits per heavy atom. The van der Waals surface area contributed by atoms with E-state index < -0.39 is 0 Å². The fraction of sp³-hybridized carbons (Fsp3) is 0.438. The van der Waals surface area contributed by atoms with Crippen LogP contribution in [-0.2, 0) is 0 Å². The van der Waals surface area contributed by atoms with Crippen molar-refractivity contribution in [2.45, 2.75) is 26.7 Å². The summed E-state index contributed by atoms with van der Waals surface area (Å²) in [5, 5.41) is 3.06. The van der Waals surface area contributed by atoms with E-state index >= 15 is 0 Å². The summed E-state index contributed by atoms with van der Waals surface area (Å²) in [6, 6.07) is 10.5. The molecule has 1 aromatic rings. The molecule has 0 spiro atoms. The molecule has 1 unspecified atom stereocenters. The summed E-state index contributed by atoms with van der Waals surface area (Å²) < 4.78 is 0. The van der Waals surface area contributed by atoms with Crippen LogP contribution in [0.1, 0.15) is 32.3 Å². The first-order valence-corrected chi connectivity index (χ1v) is 6.73. The van der Waals surface area contributed by atoms with Crippen LogP contribution in [-0.4, -0.2) is 19.0 Å². The summed E-state index contributed by atoms with van der Waals surface area (Å²) in [5.74, 6) is 1.41. The molecule has 3 N–H and O–H groups in total. The van der Waals surface area contributed by atoms with Gasteiger partial charge in [0.2, 0.25) is 0 Å². The Kier molecular flexibility index (Phi) is 6.13. The number of aliphatic imine (C=N–C) groups is 1. The lowest BCUT2D eigenvalue weighted by atomic mass is 9.88. The molecule has 3 heteroatoms. The van der Waals surface area contributed by atoms with Gasteiger partial charge in [0.25, 0.3) is 0 Å². The van der Waals surface area contributed by atoms with Crippen molar-refractivity contribution in [3.63, 3.8) is 0 Å². The summed E-state index contributed by atoms with van der Waals surface area (Å²) in [5.41, 5.74) is 8.20. The third kappa shape index (κ3) is 5.60. The summed E-state index contributed by atoms with van der Waals surface area (Å²) in [7, 11) is 0. The SMILES string of the molecule is C=C(C)CNC(N)=NCC(c1ccccc1)C(C)C.